The van der Waals surface area contributed by atoms with Gasteiger partial charge in [0.1, 0.15) is 11.3 Å². The average Bonchev–Trinajstić information content (AvgIpc) is 3.45. The number of hydrogen-bond acceptors (Lipinski definition) is 5. The number of carbonyl (C=O) groups is 2. The van der Waals surface area contributed by atoms with E-state index in [9.17, 15) is 9.59 Å². The normalized spacial score (nSPS) is 13.8. The number of aryl methyl sites for hydroxylation is 1. The van der Waals surface area contributed by atoms with E-state index in [1.165, 1.54) is 6.20 Å². The lowest BCUT2D eigenvalue weighted by molar-refractivity contribution is -0.143. The van der Waals surface area contributed by atoms with Gasteiger partial charge in [-0.2, -0.15) is 5.10 Å². The van der Waals surface area contributed by atoms with Crippen molar-refractivity contribution in [2.45, 2.75) is 26.3 Å². The Kier molecular flexibility index (Phi) is 6.19. The van der Waals surface area contributed by atoms with E-state index in [1.54, 1.807) is 15.5 Å². The standard InChI is InChI=1S/C20H22IN6O2P/c1-12-4-2-3-5-14(12)11-26(10-13-6-7-13)20(29)19(28)25-16-9-23-18(22)15-8-24-27(30-21)17(15)16/h2-5,8-9,13,30H,6-7,10-11H2,1H3,(H2,22,23)(H,25,28). The Morgan fingerprint density at radius 1 is 1.33 bits per heavy atom. The molecule has 3 N–H and O–H groups in total. The van der Waals surface area contributed by atoms with Crippen LogP contribution in [0.3, 0.4) is 0 Å². The summed E-state index contributed by atoms with van der Waals surface area (Å²) < 4.78 is 1.74. The number of anilines is 2. The van der Waals surface area contributed by atoms with Crippen LogP contribution in [-0.2, 0) is 16.1 Å². The zero-order valence-corrected chi connectivity index (χ0v) is 19.6. The van der Waals surface area contributed by atoms with Crippen molar-refractivity contribution in [3.63, 3.8) is 0 Å². The Hall–Kier alpha value is -2.26. The first-order valence-electron chi connectivity index (χ1n) is 9.61. The zero-order valence-electron chi connectivity index (χ0n) is 16.4. The molecule has 2 heterocycles. The van der Waals surface area contributed by atoms with Gasteiger partial charge in [0.25, 0.3) is 0 Å². The Morgan fingerprint density at radius 3 is 2.80 bits per heavy atom. The van der Waals surface area contributed by atoms with Gasteiger partial charge in [0.2, 0.25) is 0 Å². The van der Waals surface area contributed by atoms with Gasteiger partial charge in [-0.15, -0.1) is 0 Å². The van der Waals surface area contributed by atoms with E-state index in [2.05, 4.69) is 37.4 Å². The zero-order chi connectivity index (χ0) is 21.3. The summed E-state index contributed by atoms with van der Waals surface area (Å²) in [6.07, 6.45) is 5.61. The van der Waals surface area contributed by atoms with Crippen LogP contribution >= 0.6 is 28.4 Å². The van der Waals surface area contributed by atoms with E-state index in [1.807, 2.05) is 31.2 Å². The third kappa shape index (κ3) is 4.41. The fraction of sp³-hybridized carbons (Fsp3) is 0.300. The average molecular weight is 536 g/mol. The molecule has 1 aliphatic carbocycles. The van der Waals surface area contributed by atoms with Gasteiger partial charge in [0, 0.05) is 13.1 Å². The van der Waals surface area contributed by atoms with Gasteiger partial charge < -0.3 is 16.0 Å². The van der Waals surface area contributed by atoms with E-state index in [-0.39, 0.29) is 0 Å². The third-order valence-corrected chi connectivity index (χ3v) is 7.11. The van der Waals surface area contributed by atoms with Crippen LogP contribution in [0.1, 0.15) is 24.0 Å². The maximum Gasteiger partial charge on any atom is 0.314 e. The quantitative estimate of drug-likeness (QED) is 0.285. The third-order valence-electron chi connectivity index (χ3n) is 5.24. The molecule has 8 nitrogen and oxygen atoms in total. The lowest BCUT2D eigenvalue weighted by Crippen LogP contribution is -2.40. The molecule has 0 aliphatic heterocycles. The number of carbonyl (C=O) groups excluding carboxylic acids is 2. The molecule has 1 fully saturated rings. The van der Waals surface area contributed by atoms with E-state index in [4.69, 9.17) is 5.73 Å². The predicted octanol–water partition coefficient (Wildman–Crippen LogP) is 3.49. The van der Waals surface area contributed by atoms with Crippen LogP contribution in [0.25, 0.3) is 10.9 Å². The minimum absolute atomic E-state index is 0.318. The number of amides is 2. The second-order valence-corrected chi connectivity index (χ2v) is 9.51. The number of halogens is 1. The highest BCUT2D eigenvalue weighted by Gasteiger charge is 2.30. The van der Waals surface area contributed by atoms with Crippen molar-refractivity contribution in [1.29, 1.82) is 0 Å². The van der Waals surface area contributed by atoms with Crippen LogP contribution in [-0.4, -0.2) is 37.8 Å². The maximum atomic E-state index is 13.1. The van der Waals surface area contributed by atoms with Crippen molar-refractivity contribution in [3.8, 4) is 0 Å². The van der Waals surface area contributed by atoms with Gasteiger partial charge in [-0.05, 0) is 58.9 Å². The summed E-state index contributed by atoms with van der Waals surface area (Å²) >= 11 is 2.20. The lowest BCUT2D eigenvalue weighted by atomic mass is 10.1. The van der Waals surface area contributed by atoms with Crippen molar-refractivity contribution < 1.29 is 9.59 Å². The van der Waals surface area contributed by atoms with Crippen LogP contribution in [0.2, 0.25) is 0 Å². The molecule has 4 rings (SSSR count). The number of aromatic nitrogens is 3. The number of fused-ring (bicyclic) bond motifs is 1. The predicted molar refractivity (Wildman–Crippen MR) is 128 cm³/mol. The first-order valence-corrected chi connectivity index (χ1v) is 13.7. The highest BCUT2D eigenvalue weighted by Crippen LogP contribution is 2.34. The van der Waals surface area contributed by atoms with Crippen molar-refractivity contribution >= 4 is 62.6 Å². The monoisotopic (exact) mass is 536 g/mol. The van der Waals surface area contributed by atoms with Crippen LogP contribution in [0.5, 0.6) is 0 Å². The minimum Gasteiger partial charge on any atom is -0.383 e. The first-order chi connectivity index (χ1) is 14.5. The molecule has 2 amide bonds. The molecule has 0 radical (unpaired) electrons. The highest BCUT2D eigenvalue weighted by atomic mass is 127. The summed E-state index contributed by atoms with van der Waals surface area (Å²) in [5, 5.41) is 7.68. The van der Waals surface area contributed by atoms with Gasteiger partial charge in [0.05, 0.1) is 29.8 Å². The van der Waals surface area contributed by atoms with E-state index >= 15 is 0 Å². The number of benzene rings is 1. The van der Waals surface area contributed by atoms with Gasteiger partial charge in [0.15, 0.2) is 0 Å². The smallest absolute Gasteiger partial charge is 0.314 e. The molecular formula is C20H22IN6O2P. The fourth-order valence-corrected chi connectivity index (χ4v) is 4.88. The van der Waals surface area contributed by atoms with E-state index in [0.29, 0.717) is 47.8 Å². The molecule has 1 aromatic carbocycles. The second-order valence-electron chi connectivity index (χ2n) is 7.47. The van der Waals surface area contributed by atoms with Crippen molar-refractivity contribution in [3.05, 3.63) is 47.8 Å². The summed E-state index contributed by atoms with van der Waals surface area (Å²) in [6, 6.07) is 7.92. The molecule has 30 heavy (non-hydrogen) atoms. The van der Waals surface area contributed by atoms with Crippen LogP contribution < -0.4 is 11.1 Å². The number of hydrogen-bond donors (Lipinski definition) is 2. The summed E-state index contributed by atoms with van der Waals surface area (Å²) in [5.74, 6) is -0.415. The number of nitrogen functional groups attached to an aromatic ring is 1. The number of nitrogens with zero attached hydrogens (tertiary/aromatic N) is 4. The molecule has 1 saturated carbocycles. The summed E-state index contributed by atoms with van der Waals surface area (Å²) in [7, 11) is 0. The van der Waals surface area contributed by atoms with Gasteiger partial charge in [-0.25, -0.2) is 9.44 Å². The molecule has 156 valence electrons. The Bertz CT molecular complexity index is 1110. The molecule has 0 spiro atoms. The topological polar surface area (TPSA) is 106 Å². The molecular weight excluding hydrogens is 514 g/mol. The molecule has 1 unspecified atom stereocenters. The Morgan fingerprint density at radius 2 is 2.10 bits per heavy atom. The molecule has 10 heteroatoms. The summed E-state index contributed by atoms with van der Waals surface area (Å²) in [6.45, 7) is 3.01. The van der Waals surface area contributed by atoms with Crippen LogP contribution in [0.15, 0.2) is 36.7 Å². The van der Waals surface area contributed by atoms with Crippen molar-refractivity contribution in [2.75, 3.05) is 17.6 Å². The van der Waals surface area contributed by atoms with Gasteiger partial charge >= 0.3 is 11.8 Å². The molecule has 0 bridgehead atoms. The molecule has 3 aromatic rings. The van der Waals surface area contributed by atoms with Crippen molar-refractivity contribution in [2.24, 2.45) is 5.92 Å². The number of rotatable bonds is 6. The Labute approximate surface area is 188 Å². The largest absolute Gasteiger partial charge is 0.383 e. The number of nitrogens with one attached hydrogen (secondary N) is 1. The van der Waals surface area contributed by atoms with Crippen LogP contribution in [0.4, 0.5) is 11.5 Å². The molecule has 1 atom stereocenters. The lowest BCUT2D eigenvalue weighted by Gasteiger charge is -2.23. The highest BCUT2D eigenvalue weighted by molar-refractivity contribution is 14.2. The van der Waals surface area contributed by atoms with E-state index < -0.39 is 11.8 Å². The summed E-state index contributed by atoms with van der Waals surface area (Å²) in [5.41, 5.74) is 9.19. The SMILES string of the molecule is Cc1ccccc1CN(CC1CC1)C(=O)C(=O)Nc1cnc(N)c2cnn(PI)c12. The first kappa shape index (κ1) is 21.0. The van der Waals surface area contributed by atoms with Crippen LogP contribution in [0, 0.1) is 12.8 Å². The Balaban J connectivity index is 1.57. The van der Waals surface area contributed by atoms with E-state index in [0.717, 1.165) is 24.0 Å². The van der Waals surface area contributed by atoms with Gasteiger partial charge in [-0.3, -0.25) is 9.59 Å². The molecule has 2 aromatic heterocycles. The minimum atomic E-state index is -0.679. The number of pyridine rings is 1. The fourth-order valence-electron chi connectivity index (χ4n) is 3.36. The second kappa shape index (κ2) is 8.85. The molecule has 1 aliphatic rings. The van der Waals surface area contributed by atoms with Crippen molar-refractivity contribution in [1.82, 2.24) is 19.4 Å². The van der Waals surface area contributed by atoms with Gasteiger partial charge in [-0.1, -0.05) is 24.3 Å². The number of nitrogens with two attached hydrogens (primary N) is 1. The maximum absolute atomic E-state index is 13.1. The molecule has 0 saturated heterocycles. The summed E-state index contributed by atoms with van der Waals surface area (Å²) in [4.78, 5) is 31.7.